The van der Waals surface area contributed by atoms with Gasteiger partial charge in [0.15, 0.2) is 0 Å². The van der Waals surface area contributed by atoms with Crippen LogP contribution in [0.25, 0.3) is 6.08 Å². The molecule has 1 spiro atoms. The van der Waals surface area contributed by atoms with Crippen LogP contribution in [0.2, 0.25) is 0 Å². The Hall–Kier alpha value is -2.72. The first-order chi connectivity index (χ1) is 22.6. The predicted octanol–water partition coefficient (Wildman–Crippen LogP) is 12.6. The Bertz CT molecular complexity index is 1400. The molecule has 0 bridgehead atoms. The van der Waals surface area contributed by atoms with E-state index in [0.29, 0.717) is 0 Å². The Morgan fingerprint density at radius 1 is 0.696 bits per heavy atom. The van der Waals surface area contributed by atoms with Gasteiger partial charge in [-0.05, 0) is 70.8 Å². The van der Waals surface area contributed by atoms with Crippen LogP contribution in [0.1, 0.15) is 133 Å². The maximum atomic E-state index is 7.26. The van der Waals surface area contributed by atoms with E-state index in [4.69, 9.17) is 9.47 Å². The number of halogens is 1. The summed E-state index contributed by atoms with van der Waals surface area (Å²) in [5.41, 5.74) is 3.79. The lowest BCUT2D eigenvalue weighted by molar-refractivity contribution is 0.0628. The highest BCUT2D eigenvalue weighted by Gasteiger charge is 2.62. The molecule has 3 aromatic carbocycles. The van der Waals surface area contributed by atoms with Gasteiger partial charge in [0.25, 0.3) is 0 Å². The molecular weight excluding hydrogens is 630 g/mol. The van der Waals surface area contributed by atoms with Crippen molar-refractivity contribution in [3.8, 4) is 11.5 Å². The van der Waals surface area contributed by atoms with Gasteiger partial charge in [-0.3, -0.25) is 0 Å². The van der Waals surface area contributed by atoms with Crippen molar-refractivity contribution in [2.75, 3.05) is 18.6 Å². The molecule has 2 aliphatic rings. The highest BCUT2D eigenvalue weighted by Crippen LogP contribution is 2.58. The molecule has 2 unspecified atom stereocenters. The van der Waals surface area contributed by atoms with Crippen LogP contribution in [0.4, 0.5) is 5.69 Å². The third kappa shape index (κ3) is 7.38. The van der Waals surface area contributed by atoms with E-state index < -0.39 is 11.1 Å². The van der Waals surface area contributed by atoms with Crippen molar-refractivity contribution in [2.24, 2.45) is 0 Å². The zero-order chi connectivity index (χ0) is 32.2. The Morgan fingerprint density at radius 2 is 1.26 bits per heavy atom. The number of ether oxygens (including phenoxy) is 2. The fraction of sp³-hybridized carbons (Fsp3) is 0.524. The predicted molar refractivity (Wildman–Crippen MR) is 199 cm³/mol. The molecule has 0 saturated carbocycles. The van der Waals surface area contributed by atoms with E-state index in [1.807, 2.05) is 6.07 Å². The van der Waals surface area contributed by atoms with Gasteiger partial charge in [0.05, 0.1) is 17.0 Å². The van der Waals surface area contributed by atoms with Gasteiger partial charge in [0.1, 0.15) is 11.5 Å². The van der Waals surface area contributed by atoms with Gasteiger partial charge < -0.3 is 14.4 Å². The van der Waals surface area contributed by atoms with Gasteiger partial charge in [0.2, 0.25) is 5.72 Å². The molecule has 0 saturated heterocycles. The topological polar surface area (TPSA) is 21.7 Å². The second-order valence-electron chi connectivity index (χ2n) is 13.6. The minimum atomic E-state index is -0.686. The van der Waals surface area contributed by atoms with Crippen molar-refractivity contribution >= 4 is 27.7 Å². The summed E-state index contributed by atoms with van der Waals surface area (Å²) in [7, 11) is 1.71. The minimum absolute atomic E-state index is 0.402. The molecule has 0 radical (unpaired) electrons. The summed E-state index contributed by atoms with van der Waals surface area (Å²) in [6.07, 6.45) is 26.6. The number of hydrogen-bond donors (Lipinski definition) is 0. The summed E-state index contributed by atoms with van der Waals surface area (Å²) in [6.45, 7) is 5.61. The molecule has 2 atom stereocenters. The Kier molecular flexibility index (Phi) is 12.7. The fourth-order valence-corrected chi connectivity index (χ4v) is 8.40. The second kappa shape index (κ2) is 16.9. The standard InChI is InChI=1S/C42H56BrNO2/c1-4-5-6-7-8-9-10-11-12-13-14-15-16-17-18-24-33-44-37-28-23-22-27-36(37)41(2,34-25-20-19-21-26-34)42(44)32-31-35-38(46-42)29-30-39(45-3)40(35)43/h19-23,25-32H,4-18,24,33H2,1-3H3. The molecular formula is C42H56BrNO2. The Morgan fingerprint density at radius 3 is 1.87 bits per heavy atom. The van der Waals surface area contributed by atoms with Gasteiger partial charge in [-0.25, -0.2) is 0 Å². The molecule has 46 heavy (non-hydrogen) atoms. The Balaban J connectivity index is 1.20. The molecule has 0 aliphatic carbocycles. The molecule has 0 N–H and O–H groups in total. The maximum Gasteiger partial charge on any atom is 0.216 e. The van der Waals surface area contributed by atoms with Gasteiger partial charge in [-0.1, -0.05) is 152 Å². The molecule has 3 aromatic rings. The average molecular weight is 687 g/mol. The number of benzene rings is 3. The lowest BCUT2D eigenvalue weighted by Gasteiger charge is -2.49. The van der Waals surface area contributed by atoms with Gasteiger partial charge in [-0.15, -0.1) is 0 Å². The van der Waals surface area contributed by atoms with E-state index in [-0.39, 0.29) is 0 Å². The highest BCUT2D eigenvalue weighted by molar-refractivity contribution is 9.10. The summed E-state index contributed by atoms with van der Waals surface area (Å²) in [6, 6.07) is 23.9. The maximum absolute atomic E-state index is 7.26. The van der Waals surface area contributed by atoms with Crippen molar-refractivity contribution in [1.82, 2.24) is 0 Å². The lowest BCUT2D eigenvalue weighted by atomic mass is 9.69. The van der Waals surface area contributed by atoms with Crippen molar-refractivity contribution < 1.29 is 9.47 Å². The summed E-state index contributed by atoms with van der Waals surface area (Å²) in [4.78, 5) is 2.55. The third-order valence-electron chi connectivity index (χ3n) is 10.5. The molecule has 0 aromatic heterocycles. The number of rotatable bonds is 19. The quantitative estimate of drug-likeness (QED) is 0.117. The molecule has 5 rings (SSSR count). The van der Waals surface area contributed by atoms with Crippen molar-refractivity contribution in [1.29, 1.82) is 0 Å². The molecule has 248 valence electrons. The first-order valence-electron chi connectivity index (χ1n) is 18.2. The molecule has 2 aliphatic heterocycles. The second-order valence-corrected chi connectivity index (χ2v) is 14.4. The minimum Gasteiger partial charge on any atom is -0.496 e. The third-order valence-corrected chi connectivity index (χ3v) is 11.3. The zero-order valence-corrected chi connectivity index (χ0v) is 30.3. The number of anilines is 1. The normalized spacial score (nSPS) is 19.7. The van der Waals surface area contributed by atoms with Crippen LogP contribution >= 0.6 is 15.9 Å². The molecule has 0 fully saturated rings. The van der Waals surface area contributed by atoms with Crippen molar-refractivity contribution in [3.63, 3.8) is 0 Å². The number of unbranched alkanes of at least 4 members (excludes halogenated alkanes) is 15. The number of para-hydroxylation sites is 1. The zero-order valence-electron chi connectivity index (χ0n) is 28.7. The van der Waals surface area contributed by atoms with Gasteiger partial charge >= 0.3 is 0 Å². The van der Waals surface area contributed by atoms with Crippen molar-refractivity contribution in [2.45, 2.75) is 128 Å². The summed E-state index contributed by atoms with van der Waals surface area (Å²) >= 11 is 3.78. The van der Waals surface area contributed by atoms with Crippen LogP contribution in [-0.2, 0) is 5.41 Å². The van der Waals surface area contributed by atoms with E-state index in [1.54, 1.807) is 7.11 Å². The van der Waals surface area contributed by atoms with Gasteiger partial charge in [0, 0.05) is 17.8 Å². The van der Waals surface area contributed by atoms with E-state index in [0.717, 1.165) is 34.5 Å². The van der Waals surface area contributed by atoms with E-state index in [9.17, 15) is 0 Å². The summed E-state index contributed by atoms with van der Waals surface area (Å²) in [5.74, 6) is 1.69. The van der Waals surface area contributed by atoms with E-state index in [2.05, 4.69) is 107 Å². The van der Waals surface area contributed by atoms with Crippen LogP contribution in [-0.4, -0.2) is 19.4 Å². The number of hydrogen-bond acceptors (Lipinski definition) is 3. The van der Waals surface area contributed by atoms with Crippen LogP contribution in [0, 0.1) is 0 Å². The molecule has 0 amide bonds. The Labute approximate surface area is 287 Å². The first-order valence-corrected chi connectivity index (χ1v) is 19.0. The van der Waals surface area contributed by atoms with Crippen LogP contribution in [0.5, 0.6) is 11.5 Å². The SMILES string of the molecule is CCCCCCCCCCCCCCCCCCN1c2ccccc2C(C)(c2ccccc2)C12C=Cc1c(ccc(OC)c1Br)O2. The number of methoxy groups -OCH3 is 1. The monoisotopic (exact) mass is 685 g/mol. The van der Waals surface area contributed by atoms with Crippen molar-refractivity contribution in [3.05, 3.63) is 94.0 Å². The smallest absolute Gasteiger partial charge is 0.216 e. The van der Waals surface area contributed by atoms with Crippen LogP contribution < -0.4 is 14.4 Å². The molecule has 3 nitrogen and oxygen atoms in total. The van der Waals surface area contributed by atoms with Gasteiger partial charge in [-0.2, -0.15) is 0 Å². The molecule has 4 heteroatoms. The lowest BCUT2D eigenvalue weighted by Crippen LogP contribution is -2.61. The fourth-order valence-electron chi connectivity index (χ4n) is 7.78. The van der Waals surface area contributed by atoms with E-state index >= 15 is 0 Å². The van der Waals surface area contributed by atoms with Crippen LogP contribution in [0.15, 0.2) is 77.3 Å². The number of nitrogens with zero attached hydrogens (tertiary/aromatic N) is 1. The number of fused-ring (bicyclic) bond motifs is 2. The molecule has 2 heterocycles. The highest BCUT2D eigenvalue weighted by atomic mass is 79.9. The largest absolute Gasteiger partial charge is 0.496 e. The van der Waals surface area contributed by atoms with E-state index in [1.165, 1.54) is 113 Å². The van der Waals surface area contributed by atoms with Crippen LogP contribution in [0.3, 0.4) is 0 Å². The first kappa shape index (κ1) is 34.6. The summed E-state index contributed by atoms with van der Waals surface area (Å²) in [5, 5.41) is 0. The summed E-state index contributed by atoms with van der Waals surface area (Å²) < 4.78 is 13.8. The average Bonchev–Trinajstić information content (AvgIpc) is 3.29.